The first-order valence-corrected chi connectivity index (χ1v) is 9.80. The molecule has 0 amide bonds. The van der Waals surface area contributed by atoms with E-state index in [0.717, 1.165) is 11.0 Å². The highest BCUT2D eigenvalue weighted by Gasteiger charge is 2.31. The van der Waals surface area contributed by atoms with Crippen molar-refractivity contribution in [3.05, 3.63) is 57.7 Å². The van der Waals surface area contributed by atoms with Crippen molar-refractivity contribution in [2.75, 3.05) is 11.2 Å². The number of hydrogen-bond acceptors (Lipinski definition) is 6. The molecule has 0 aliphatic heterocycles. The van der Waals surface area contributed by atoms with Gasteiger partial charge in [-0.15, -0.1) is 0 Å². The molecule has 3 aromatic rings. The number of nitrogens with one attached hydrogen (secondary N) is 1. The zero-order valence-corrected chi connectivity index (χ0v) is 15.7. The van der Waals surface area contributed by atoms with Gasteiger partial charge in [-0.25, -0.2) is 23.1 Å². The monoisotopic (exact) mass is 432 g/mol. The van der Waals surface area contributed by atoms with Gasteiger partial charge in [-0.05, 0) is 24.3 Å². The Labute approximate surface area is 161 Å². The Bertz CT molecular complexity index is 1230. The smallest absolute Gasteiger partial charge is 0.289 e. The number of aromatic nitrogens is 3. The largest absolute Gasteiger partial charge is 0.417 e. The molecule has 7 nitrogen and oxygen atoms in total. The van der Waals surface area contributed by atoms with E-state index in [0.29, 0.717) is 12.3 Å². The second-order valence-electron chi connectivity index (χ2n) is 5.67. The van der Waals surface area contributed by atoms with Gasteiger partial charge < -0.3 is 0 Å². The number of nitrogens with zero attached hydrogens (tertiary/aromatic N) is 3. The van der Waals surface area contributed by atoms with Crippen molar-refractivity contribution < 1.29 is 21.6 Å². The first-order chi connectivity index (χ1) is 13.0. The van der Waals surface area contributed by atoms with Gasteiger partial charge in [0.2, 0.25) is 0 Å². The average Bonchev–Trinajstić information content (AvgIpc) is 2.63. The topological polar surface area (TPSA) is 93.9 Å². The lowest BCUT2D eigenvalue weighted by Crippen LogP contribution is -2.28. The second kappa shape index (κ2) is 7.06. The lowest BCUT2D eigenvalue weighted by Gasteiger charge is -2.14. The summed E-state index contributed by atoms with van der Waals surface area (Å²) >= 11 is 5.91. The molecular weight excluding hydrogens is 421 g/mol. The van der Waals surface area contributed by atoms with Gasteiger partial charge in [0, 0.05) is 11.2 Å². The van der Waals surface area contributed by atoms with Crippen LogP contribution in [0.4, 0.5) is 18.9 Å². The zero-order chi connectivity index (χ0) is 20.7. The molecule has 3 rings (SSSR count). The highest BCUT2D eigenvalue weighted by atomic mass is 35.5. The Balaban J connectivity index is 2.15. The van der Waals surface area contributed by atoms with E-state index >= 15 is 0 Å². The molecule has 0 unspecified atom stereocenters. The van der Waals surface area contributed by atoms with Crippen LogP contribution < -0.4 is 11.0 Å². The van der Waals surface area contributed by atoms with E-state index in [2.05, 4.69) is 15.4 Å². The molecule has 1 N–H and O–H groups in total. The molecule has 0 saturated carbocycles. The molecule has 0 aliphatic rings. The number of rotatable bonds is 4. The van der Waals surface area contributed by atoms with E-state index in [-0.39, 0.29) is 32.4 Å². The summed E-state index contributed by atoms with van der Waals surface area (Å²) in [4.78, 5) is 19.9. The molecule has 0 aliphatic carbocycles. The van der Waals surface area contributed by atoms with Crippen LogP contribution in [0, 0.1) is 0 Å². The third-order valence-corrected chi connectivity index (χ3v) is 5.86. The molecule has 2 heterocycles. The highest BCUT2D eigenvalue weighted by molar-refractivity contribution is 7.91. The van der Waals surface area contributed by atoms with Gasteiger partial charge in [-0.3, -0.25) is 10.2 Å². The molecule has 148 valence electrons. The number of anilines is 1. The summed E-state index contributed by atoms with van der Waals surface area (Å²) in [6.45, 7) is 1.45. The molecule has 0 spiro atoms. The van der Waals surface area contributed by atoms with Crippen LogP contribution in [0.2, 0.25) is 5.02 Å². The van der Waals surface area contributed by atoms with Crippen molar-refractivity contribution in [1.82, 2.24) is 14.6 Å². The van der Waals surface area contributed by atoms with Crippen LogP contribution in [0.3, 0.4) is 0 Å². The summed E-state index contributed by atoms with van der Waals surface area (Å²) in [5.74, 6) is -0.201. The van der Waals surface area contributed by atoms with Crippen LogP contribution in [0.25, 0.3) is 11.0 Å². The van der Waals surface area contributed by atoms with Crippen LogP contribution in [0.5, 0.6) is 0 Å². The quantitative estimate of drug-likeness (QED) is 0.680. The number of alkyl halides is 3. The van der Waals surface area contributed by atoms with Gasteiger partial charge in [-0.1, -0.05) is 18.5 Å². The minimum Gasteiger partial charge on any atom is -0.289 e. The van der Waals surface area contributed by atoms with Gasteiger partial charge in [-0.2, -0.15) is 13.2 Å². The van der Waals surface area contributed by atoms with Crippen molar-refractivity contribution in [3.63, 3.8) is 0 Å². The van der Waals surface area contributed by atoms with E-state index in [1.54, 1.807) is 0 Å². The predicted octanol–water partition coefficient (Wildman–Crippen LogP) is 3.13. The lowest BCUT2D eigenvalue weighted by atomic mass is 10.2. The van der Waals surface area contributed by atoms with Crippen molar-refractivity contribution in [1.29, 1.82) is 0 Å². The molecule has 12 heteroatoms. The fourth-order valence-corrected chi connectivity index (χ4v) is 3.59. The fraction of sp³-hybridized carbons (Fsp3) is 0.188. The Morgan fingerprint density at radius 3 is 2.57 bits per heavy atom. The summed E-state index contributed by atoms with van der Waals surface area (Å²) in [6, 6.07) is 4.56. The van der Waals surface area contributed by atoms with Crippen LogP contribution >= 0.6 is 11.6 Å². The molecule has 0 atom stereocenters. The van der Waals surface area contributed by atoms with Gasteiger partial charge in [0.05, 0.1) is 27.3 Å². The maximum atomic E-state index is 12.9. The first-order valence-electron chi connectivity index (χ1n) is 7.77. The van der Waals surface area contributed by atoms with Gasteiger partial charge in [0.15, 0.2) is 15.5 Å². The third-order valence-electron chi connectivity index (χ3n) is 3.84. The van der Waals surface area contributed by atoms with E-state index in [4.69, 9.17) is 11.6 Å². The van der Waals surface area contributed by atoms with Crippen molar-refractivity contribution in [3.8, 4) is 0 Å². The summed E-state index contributed by atoms with van der Waals surface area (Å²) in [7, 11) is -3.67. The lowest BCUT2D eigenvalue weighted by molar-refractivity contribution is -0.137. The number of sulfone groups is 1. The van der Waals surface area contributed by atoms with Crippen molar-refractivity contribution >= 4 is 38.2 Å². The molecule has 2 aromatic heterocycles. The number of hydrogen-bond donors (Lipinski definition) is 1. The summed E-state index contributed by atoms with van der Waals surface area (Å²) in [5.41, 5.74) is 0.359. The van der Waals surface area contributed by atoms with Gasteiger partial charge >= 0.3 is 6.18 Å². The summed E-state index contributed by atoms with van der Waals surface area (Å²) in [6.07, 6.45) is -3.11. The van der Waals surface area contributed by atoms with Crippen LogP contribution in [0.15, 0.2) is 46.5 Å². The zero-order valence-electron chi connectivity index (χ0n) is 14.2. The van der Waals surface area contributed by atoms with Crippen molar-refractivity contribution in [2.45, 2.75) is 18.0 Å². The van der Waals surface area contributed by atoms with Crippen molar-refractivity contribution in [2.24, 2.45) is 0 Å². The maximum absolute atomic E-state index is 12.9. The Morgan fingerprint density at radius 1 is 1.21 bits per heavy atom. The molecule has 0 fully saturated rings. The molecule has 28 heavy (non-hydrogen) atoms. The SMILES string of the molecule is CCS(=O)(=O)c1ccc(Cl)cc1Nn1cnc2ncc(C(F)(F)F)cc2c1=O. The van der Waals surface area contributed by atoms with Crippen LogP contribution in [-0.4, -0.2) is 28.8 Å². The molecule has 0 bridgehead atoms. The Hall–Kier alpha value is -2.66. The van der Waals surface area contributed by atoms with E-state index in [1.807, 2.05) is 0 Å². The average molecular weight is 433 g/mol. The van der Waals surface area contributed by atoms with Crippen LogP contribution in [-0.2, 0) is 16.0 Å². The third kappa shape index (κ3) is 3.80. The fourth-order valence-electron chi connectivity index (χ4n) is 2.39. The number of fused-ring (bicyclic) bond motifs is 1. The summed E-state index contributed by atoms with van der Waals surface area (Å²) in [5, 5.41) is -0.188. The first kappa shape index (κ1) is 20.1. The highest BCUT2D eigenvalue weighted by Crippen LogP contribution is 2.29. The standard InChI is InChI=1S/C16H12ClF3N4O3S/c1-2-28(26,27)13-4-3-10(17)6-12(13)23-24-8-22-14-11(15(24)25)5-9(7-21-14)16(18,19)20/h3-8,23H,2H2,1H3. The van der Waals surface area contributed by atoms with Gasteiger partial charge in [0.1, 0.15) is 6.33 Å². The minimum atomic E-state index is -4.68. The Kier molecular flexibility index (Phi) is 5.06. The second-order valence-corrected chi connectivity index (χ2v) is 8.35. The Morgan fingerprint density at radius 2 is 1.93 bits per heavy atom. The minimum absolute atomic E-state index is 0.0162. The number of pyridine rings is 1. The van der Waals surface area contributed by atoms with E-state index < -0.39 is 27.1 Å². The number of halogens is 4. The normalized spacial score (nSPS) is 12.3. The van der Waals surface area contributed by atoms with E-state index in [9.17, 15) is 26.4 Å². The summed E-state index contributed by atoms with van der Waals surface area (Å²) < 4.78 is 64.0. The number of benzene rings is 1. The maximum Gasteiger partial charge on any atom is 0.417 e. The molecule has 1 aromatic carbocycles. The van der Waals surface area contributed by atoms with Crippen LogP contribution in [0.1, 0.15) is 12.5 Å². The van der Waals surface area contributed by atoms with Gasteiger partial charge in [0.25, 0.3) is 5.56 Å². The predicted molar refractivity (Wildman–Crippen MR) is 97.0 cm³/mol. The van der Waals surface area contributed by atoms with E-state index in [1.165, 1.54) is 25.1 Å². The molecule has 0 radical (unpaired) electrons. The molecular formula is C16H12ClF3N4O3S. The molecule has 0 saturated heterocycles.